The highest BCUT2D eigenvalue weighted by atomic mass is 16.2. The van der Waals surface area contributed by atoms with Crippen molar-refractivity contribution in [2.24, 2.45) is 23.7 Å². The van der Waals surface area contributed by atoms with Gasteiger partial charge in [-0.25, -0.2) is 0 Å². The Morgan fingerprint density at radius 2 is 1.10 bits per heavy atom. The van der Waals surface area contributed by atoms with Crippen LogP contribution in [0.3, 0.4) is 0 Å². The largest absolute Gasteiger partial charge is 0.343 e. The van der Waals surface area contributed by atoms with E-state index in [4.69, 9.17) is 0 Å². The minimum Gasteiger partial charge on any atom is -0.343 e. The Balaban J connectivity index is 2.21. The Labute approximate surface area is 128 Å². The predicted molar refractivity (Wildman–Crippen MR) is 83.7 cm³/mol. The number of fused-ring (bicyclic) bond motifs is 2. The molecule has 0 radical (unpaired) electrons. The molecule has 2 amide bonds. The Morgan fingerprint density at radius 3 is 1.38 bits per heavy atom. The van der Waals surface area contributed by atoms with Crippen LogP contribution in [-0.2, 0) is 9.59 Å². The molecule has 2 rings (SSSR count). The van der Waals surface area contributed by atoms with Crippen LogP contribution in [0, 0.1) is 23.7 Å². The van der Waals surface area contributed by atoms with Crippen molar-refractivity contribution < 1.29 is 9.59 Å². The topological polar surface area (TPSA) is 40.6 Å². The second-order valence-electron chi connectivity index (χ2n) is 6.41. The molecule has 0 N–H and O–H groups in total. The van der Waals surface area contributed by atoms with Crippen LogP contribution < -0.4 is 0 Å². The second kappa shape index (κ2) is 6.80. The van der Waals surface area contributed by atoms with E-state index in [0.29, 0.717) is 11.8 Å². The van der Waals surface area contributed by atoms with Crippen molar-refractivity contribution >= 4 is 11.8 Å². The van der Waals surface area contributed by atoms with Crippen molar-refractivity contribution in [1.29, 1.82) is 0 Å². The van der Waals surface area contributed by atoms with Crippen LogP contribution >= 0.6 is 0 Å². The van der Waals surface area contributed by atoms with E-state index >= 15 is 0 Å². The fourth-order valence-corrected chi connectivity index (χ4v) is 4.49. The number of rotatable bonds is 6. The zero-order valence-corrected chi connectivity index (χ0v) is 14.0. The van der Waals surface area contributed by atoms with E-state index in [-0.39, 0.29) is 23.7 Å². The number of carbonyl (C=O) groups excluding carboxylic acids is 2. The molecule has 120 valence electrons. The van der Waals surface area contributed by atoms with E-state index in [9.17, 15) is 9.59 Å². The molecule has 2 aliphatic carbocycles. The first-order chi connectivity index (χ1) is 10.1. The first kappa shape index (κ1) is 16.3. The average Bonchev–Trinajstić information content (AvgIpc) is 3.10. The first-order valence-corrected chi connectivity index (χ1v) is 8.66. The van der Waals surface area contributed by atoms with Gasteiger partial charge in [-0.1, -0.05) is 0 Å². The minimum atomic E-state index is -0.0586. The number of amides is 2. The third kappa shape index (κ3) is 2.82. The Bertz CT molecular complexity index is 352. The molecule has 4 nitrogen and oxygen atoms in total. The van der Waals surface area contributed by atoms with E-state index in [1.807, 2.05) is 37.5 Å². The van der Waals surface area contributed by atoms with Crippen molar-refractivity contribution in [2.45, 2.75) is 47.0 Å². The lowest BCUT2D eigenvalue weighted by atomic mass is 9.77. The fraction of sp³-hybridized carbons (Fsp3) is 0.882. The highest BCUT2D eigenvalue weighted by Gasteiger charge is 2.54. The van der Waals surface area contributed by atoms with E-state index in [1.54, 1.807) is 0 Å². The van der Waals surface area contributed by atoms with Crippen molar-refractivity contribution in [1.82, 2.24) is 9.80 Å². The molecule has 2 saturated carbocycles. The number of carbonyl (C=O) groups is 2. The lowest BCUT2D eigenvalue weighted by Crippen LogP contribution is -2.47. The van der Waals surface area contributed by atoms with Gasteiger partial charge < -0.3 is 9.80 Å². The summed E-state index contributed by atoms with van der Waals surface area (Å²) in [5.41, 5.74) is 0. The van der Waals surface area contributed by atoms with Gasteiger partial charge in [-0.3, -0.25) is 9.59 Å². The summed E-state index contributed by atoms with van der Waals surface area (Å²) in [6, 6.07) is 0. The normalized spacial score (nSPS) is 30.5. The summed E-state index contributed by atoms with van der Waals surface area (Å²) in [7, 11) is 0. The maximum Gasteiger partial charge on any atom is 0.226 e. The molecule has 4 heteroatoms. The van der Waals surface area contributed by atoms with Gasteiger partial charge in [0, 0.05) is 26.2 Å². The Morgan fingerprint density at radius 1 is 0.762 bits per heavy atom. The molecule has 0 aromatic rings. The Hall–Kier alpha value is -1.06. The van der Waals surface area contributed by atoms with Gasteiger partial charge in [0.15, 0.2) is 0 Å². The molecule has 2 fully saturated rings. The van der Waals surface area contributed by atoms with Gasteiger partial charge in [0.05, 0.1) is 11.8 Å². The van der Waals surface area contributed by atoms with Crippen LogP contribution in [-0.4, -0.2) is 47.8 Å². The van der Waals surface area contributed by atoms with Crippen molar-refractivity contribution in [3.63, 3.8) is 0 Å². The van der Waals surface area contributed by atoms with Gasteiger partial charge in [0.25, 0.3) is 0 Å². The van der Waals surface area contributed by atoms with E-state index < -0.39 is 0 Å². The third-order valence-electron chi connectivity index (χ3n) is 5.64. The van der Waals surface area contributed by atoms with E-state index in [2.05, 4.69) is 0 Å². The molecule has 0 aromatic heterocycles. The minimum absolute atomic E-state index is 0.0586. The molecule has 0 saturated heterocycles. The fourth-order valence-electron chi connectivity index (χ4n) is 4.49. The monoisotopic (exact) mass is 294 g/mol. The highest BCUT2D eigenvalue weighted by molar-refractivity contribution is 5.89. The summed E-state index contributed by atoms with van der Waals surface area (Å²) in [6.07, 6.45) is 3.34. The quantitative estimate of drug-likeness (QED) is 0.754. The summed E-state index contributed by atoms with van der Waals surface area (Å²) in [6.45, 7) is 11.1. The van der Waals surface area contributed by atoms with Crippen LogP contribution in [0.4, 0.5) is 0 Å². The molecule has 2 bridgehead atoms. The molecule has 0 unspecified atom stereocenters. The Kier molecular flexibility index (Phi) is 5.28. The summed E-state index contributed by atoms with van der Waals surface area (Å²) < 4.78 is 0. The van der Waals surface area contributed by atoms with Crippen molar-refractivity contribution in [3.05, 3.63) is 0 Å². The number of hydrogen-bond donors (Lipinski definition) is 0. The molecule has 0 spiro atoms. The summed E-state index contributed by atoms with van der Waals surface area (Å²) in [5, 5.41) is 0. The number of hydrogen-bond acceptors (Lipinski definition) is 2. The standard InChI is InChI=1S/C17H30N2O2/c1-5-18(6-2)16(20)14-12-9-10-13(11-12)15(14)17(21)19(7-3)8-4/h12-15H,5-11H2,1-4H3/t12-,13-,14-,15-/m0/s1. The molecule has 2 aliphatic rings. The smallest absolute Gasteiger partial charge is 0.226 e. The van der Waals surface area contributed by atoms with Gasteiger partial charge in [0.1, 0.15) is 0 Å². The van der Waals surface area contributed by atoms with Gasteiger partial charge >= 0.3 is 0 Å². The SMILES string of the molecule is CCN(CC)C(=O)[C@H]1[C@H]2CC[C@@H](C2)[C@@H]1C(=O)N(CC)CC. The maximum atomic E-state index is 12.9. The first-order valence-electron chi connectivity index (χ1n) is 8.66. The van der Waals surface area contributed by atoms with Crippen LogP contribution in [0.5, 0.6) is 0 Å². The summed E-state index contributed by atoms with van der Waals surface area (Å²) in [4.78, 5) is 29.6. The van der Waals surface area contributed by atoms with Crippen LogP contribution in [0.15, 0.2) is 0 Å². The van der Waals surface area contributed by atoms with Crippen LogP contribution in [0.2, 0.25) is 0 Å². The third-order valence-corrected chi connectivity index (χ3v) is 5.64. The molecule has 21 heavy (non-hydrogen) atoms. The van der Waals surface area contributed by atoms with Crippen molar-refractivity contribution in [3.8, 4) is 0 Å². The lowest BCUT2D eigenvalue weighted by molar-refractivity contribution is -0.148. The number of nitrogens with zero attached hydrogens (tertiary/aromatic N) is 2. The van der Waals surface area contributed by atoms with Crippen LogP contribution in [0.25, 0.3) is 0 Å². The molecule has 0 heterocycles. The molecular formula is C17H30N2O2. The predicted octanol–water partition coefficient (Wildman–Crippen LogP) is 2.39. The van der Waals surface area contributed by atoms with Gasteiger partial charge in [-0.05, 0) is 58.8 Å². The summed E-state index contributed by atoms with van der Waals surface area (Å²) >= 11 is 0. The van der Waals surface area contributed by atoms with Gasteiger partial charge in [-0.2, -0.15) is 0 Å². The molecule has 0 aliphatic heterocycles. The lowest BCUT2D eigenvalue weighted by Gasteiger charge is -2.35. The van der Waals surface area contributed by atoms with Gasteiger partial charge in [-0.15, -0.1) is 0 Å². The zero-order chi connectivity index (χ0) is 15.6. The van der Waals surface area contributed by atoms with E-state index in [0.717, 1.165) is 45.4 Å². The molecular weight excluding hydrogens is 264 g/mol. The molecule has 4 atom stereocenters. The highest BCUT2D eigenvalue weighted by Crippen LogP contribution is 2.53. The second-order valence-corrected chi connectivity index (χ2v) is 6.41. The summed E-state index contributed by atoms with van der Waals surface area (Å²) in [5.74, 6) is 1.20. The van der Waals surface area contributed by atoms with Gasteiger partial charge in [0.2, 0.25) is 11.8 Å². The van der Waals surface area contributed by atoms with E-state index in [1.165, 1.54) is 0 Å². The maximum absolute atomic E-state index is 12.9. The zero-order valence-electron chi connectivity index (χ0n) is 14.0. The average molecular weight is 294 g/mol. The van der Waals surface area contributed by atoms with Crippen LogP contribution in [0.1, 0.15) is 47.0 Å². The molecule has 0 aromatic carbocycles. The van der Waals surface area contributed by atoms with Crippen molar-refractivity contribution in [2.75, 3.05) is 26.2 Å².